The molecule has 1 aliphatic rings. The fourth-order valence-corrected chi connectivity index (χ4v) is 4.43. The van der Waals surface area contributed by atoms with E-state index in [9.17, 15) is 23.1 Å². The lowest BCUT2D eigenvalue weighted by Gasteiger charge is -2.24. The van der Waals surface area contributed by atoms with Crippen LogP contribution in [0, 0.1) is 0 Å². The second-order valence-corrected chi connectivity index (χ2v) is 8.11. The van der Waals surface area contributed by atoms with Gasteiger partial charge in [0.25, 0.3) is 5.91 Å². The van der Waals surface area contributed by atoms with Crippen molar-refractivity contribution in [1.82, 2.24) is 9.88 Å². The first-order valence-corrected chi connectivity index (χ1v) is 10.4. The van der Waals surface area contributed by atoms with Gasteiger partial charge in [-0.25, -0.2) is 4.98 Å². The molecule has 0 saturated carbocycles. The van der Waals surface area contributed by atoms with E-state index in [0.717, 1.165) is 17.7 Å². The number of likely N-dealkylation sites (tertiary alicyclic amines) is 1. The molecule has 162 valence electrons. The molecule has 1 N–H and O–H groups in total. The molecule has 0 aliphatic carbocycles. The van der Waals surface area contributed by atoms with Crippen LogP contribution in [0.4, 0.5) is 13.2 Å². The molecule has 0 spiro atoms. The van der Waals surface area contributed by atoms with Crippen molar-refractivity contribution >= 4 is 17.2 Å². The van der Waals surface area contributed by atoms with Crippen molar-refractivity contribution < 1.29 is 27.8 Å². The molecule has 0 bridgehead atoms. The number of thiazole rings is 1. The Bertz CT molecular complexity index is 1060. The second kappa shape index (κ2) is 8.32. The van der Waals surface area contributed by atoms with Crippen LogP contribution in [-0.4, -0.2) is 40.7 Å². The molecule has 1 saturated heterocycles. The monoisotopic (exact) mass is 448 g/mol. The molecule has 1 fully saturated rings. The van der Waals surface area contributed by atoms with Crippen molar-refractivity contribution in [3.05, 3.63) is 70.7 Å². The number of amides is 1. The minimum atomic E-state index is -4.43. The summed E-state index contributed by atoms with van der Waals surface area (Å²) in [6.07, 6.45) is -4.93. The fraction of sp³-hybridized carbons (Fsp3) is 0.273. The van der Waals surface area contributed by atoms with E-state index >= 15 is 0 Å². The molecule has 0 radical (unpaired) electrons. The summed E-state index contributed by atoms with van der Waals surface area (Å²) < 4.78 is 43.7. The molecule has 31 heavy (non-hydrogen) atoms. The first-order valence-electron chi connectivity index (χ1n) is 9.52. The van der Waals surface area contributed by atoms with Crippen LogP contribution in [0.25, 0.3) is 10.6 Å². The Morgan fingerprint density at radius 2 is 1.84 bits per heavy atom. The predicted molar refractivity (Wildman–Crippen MR) is 110 cm³/mol. The molecule has 0 unspecified atom stereocenters. The minimum absolute atomic E-state index is 0.0971. The van der Waals surface area contributed by atoms with Gasteiger partial charge in [-0.3, -0.25) is 4.79 Å². The first-order chi connectivity index (χ1) is 14.8. The van der Waals surface area contributed by atoms with Crippen molar-refractivity contribution in [3.8, 4) is 16.3 Å². The highest BCUT2D eigenvalue weighted by molar-refractivity contribution is 7.13. The average Bonchev–Trinajstić information content (AvgIpc) is 3.40. The largest absolute Gasteiger partial charge is 0.497 e. The van der Waals surface area contributed by atoms with Gasteiger partial charge < -0.3 is 14.7 Å². The lowest BCUT2D eigenvalue weighted by Crippen LogP contribution is -2.32. The number of halogens is 3. The molecular formula is C22H19F3N2O3S. The number of aliphatic hydroxyl groups is 1. The summed E-state index contributed by atoms with van der Waals surface area (Å²) in [5, 5.41) is 12.5. The van der Waals surface area contributed by atoms with Gasteiger partial charge >= 0.3 is 6.18 Å². The third-order valence-electron chi connectivity index (χ3n) is 5.22. The molecule has 3 aromatic rings. The average molecular weight is 448 g/mol. The van der Waals surface area contributed by atoms with Gasteiger partial charge in [0.15, 0.2) is 0 Å². The number of hydrogen-bond donors (Lipinski definition) is 1. The topological polar surface area (TPSA) is 62.7 Å². The van der Waals surface area contributed by atoms with Crippen molar-refractivity contribution in [2.24, 2.45) is 0 Å². The number of ether oxygens (including phenoxy) is 1. The summed E-state index contributed by atoms with van der Waals surface area (Å²) in [5.74, 6) is 0.347. The summed E-state index contributed by atoms with van der Waals surface area (Å²) in [7, 11) is 1.58. The molecule has 1 aliphatic heterocycles. The van der Waals surface area contributed by atoms with E-state index in [0.29, 0.717) is 16.3 Å². The molecule has 1 amide bonds. The number of nitrogens with zero attached hydrogens (tertiary/aromatic N) is 2. The molecule has 2 aromatic carbocycles. The van der Waals surface area contributed by atoms with Crippen LogP contribution in [0.3, 0.4) is 0 Å². The highest BCUT2D eigenvalue weighted by Gasteiger charge is 2.37. The third-order valence-corrected chi connectivity index (χ3v) is 6.11. The molecule has 2 atom stereocenters. The zero-order valence-corrected chi connectivity index (χ0v) is 17.3. The highest BCUT2D eigenvalue weighted by Crippen LogP contribution is 2.36. The normalized spacial score (nSPS) is 18.9. The fourth-order valence-electron chi connectivity index (χ4n) is 3.63. The first kappa shape index (κ1) is 21.3. The van der Waals surface area contributed by atoms with E-state index in [1.54, 1.807) is 24.6 Å². The number of hydrogen-bond acceptors (Lipinski definition) is 5. The number of benzene rings is 2. The Balaban J connectivity index is 1.56. The molecular weight excluding hydrogens is 429 g/mol. The van der Waals surface area contributed by atoms with Gasteiger partial charge in [-0.1, -0.05) is 12.1 Å². The highest BCUT2D eigenvalue weighted by atomic mass is 32.1. The predicted octanol–water partition coefficient (Wildman–Crippen LogP) is 4.79. The second-order valence-electron chi connectivity index (χ2n) is 7.25. The number of β-amino-alcohol motifs (C(OH)–C–C–N with tert-alkyl or cyclic N) is 1. The summed E-state index contributed by atoms with van der Waals surface area (Å²) in [4.78, 5) is 19.0. The maximum atomic E-state index is 13.1. The number of rotatable bonds is 4. The summed E-state index contributed by atoms with van der Waals surface area (Å²) in [6, 6.07) is 11.5. The number of carbonyl (C=O) groups excluding carboxylic acids is 1. The summed E-state index contributed by atoms with van der Waals surface area (Å²) >= 11 is 1.32. The zero-order valence-electron chi connectivity index (χ0n) is 16.5. The third kappa shape index (κ3) is 4.42. The van der Waals surface area contributed by atoms with E-state index in [1.807, 2.05) is 12.1 Å². The van der Waals surface area contributed by atoms with Crippen molar-refractivity contribution in [3.63, 3.8) is 0 Å². The van der Waals surface area contributed by atoms with Gasteiger partial charge in [0.1, 0.15) is 16.5 Å². The van der Waals surface area contributed by atoms with Crippen LogP contribution in [0.2, 0.25) is 0 Å². The van der Waals surface area contributed by atoms with Crippen molar-refractivity contribution in [2.45, 2.75) is 24.7 Å². The van der Waals surface area contributed by atoms with Crippen LogP contribution >= 0.6 is 11.3 Å². The van der Waals surface area contributed by atoms with E-state index in [2.05, 4.69) is 4.98 Å². The van der Waals surface area contributed by atoms with Gasteiger partial charge in [-0.2, -0.15) is 13.2 Å². The lowest BCUT2D eigenvalue weighted by atomic mass is 10.0. The Kier molecular flexibility index (Phi) is 5.72. The van der Waals surface area contributed by atoms with Crippen LogP contribution in [0.15, 0.2) is 53.9 Å². The van der Waals surface area contributed by atoms with Crippen LogP contribution in [0.1, 0.15) is 34.1 Å². The van der Waals surface area contributed by atoms with Gasteiger partial charge in [-0.05, 0) is 48.4 Å². The number of aliphatic hydroxyl groups excluding tert-OH is 1. The standard InChI is InChI=1S/C22H19F3N2O3S/c1-30-17-8-4-14(5-9-17)20-26-18(12-31-20)21(29)27-11-16(28)10-19(27)13-2-6-15(7-3-13)22(23,24)25/h2-9,12,16,19,28H,10-11H2,1H3/t16-,19+/m0/s1. The smallest absolute Gasteiger partial charge is 0.416 e. The quantitative estimate of drug-likeness (QED) is 0.624. The van der Waals surface area contributed by atoms with E-state index < -0.39 is 23.9 Å². The van der Waals surface area contributed by atoms with E-state index in [-0.39, 0.29) is 24.6 Å². The van der Waals surface area contributed by atoms with E-state index in [1.165, 1.54) is 28.4 Å². The summed E-state index contributed by atoms with van der Waals surface area (Å²) in [5.41, 5.74) is 0.868. The van der Waals surface area contributed by atoms with Gasteiger partial charge in [0.2, 0.25) is 0 Å². The Morgan fingerprint density at radius 3 is 2.45 bits per heavy atom. The van der Waals surface area contributed by atoms with Crippen LogP contribution in [0.5, 0.6) is 5.75 Å². The molecule has 9 heteroatoms. The van der Waals surface area contributed by atoms with Crippen molar-refractivity contribution in [1.29, 1.82) is 0 Å². The number of alkyl halides is 3. The zero-order chi connectivity index (χ0) is 22.2. The minimum Gasteiger partial charge on any atom is -0.497 e. The van der Waals surface area contributed by atoms with Gasteiger partial charge in [0, 0.05) is 17.5 Å². The summed E-state index contributed by atoms with van der Waals surface area (Å²) in [6.45, 7) is 0.0971. The van der Waals surface area contributed by atoms with Crippen LogP contribution in [-0.2, 0) is 6.18 Å². The molecule has 1 aromatic heterocycles. The number of aromatic nitrogens is 1. The number of carbonyl (C=O) groups is 1. The van der Waals surface area contributed by atoms with E-state index in [4.69, 9.17) is 4.74 Å². The van der Waals surface area contributed by atoms with Gasteiger partial charge in [-0.15, -0.1) is 11.3 Å². The maximum Gasteiger partial charge on any atom is 0.416 e. The molecule has 5 nitrogen and oxygen atoms in total. The lowest BCUT2D eigenvalue weighted by molar-refractivity contribution is -0.137. The van der Waals surface area contributed by atoms with Gasteiger partial charge in [0.05, 0.1) is 24.8 Å². The maximum absolute atomic E-state index is 13.1. The Morgan fingerprint density at radius 1 is 1.16 bits per heavy atom. The van der Waals surface area contributed by atoms with Crippen LogP contribution < -0.4 is 4.74 Å². The number of methoxy groups -OCH3 is 1. The van der Waals surface area contributed by atoms with Crippen molar-refractivity contribution in [2.75, 3.05) is 13.7 Å². The molecule has 4 rings (SSSR count). The Labute approximate surface area is 180 Å². The SMILES string of the molecule is COc1ccc(-c2nc(C(=O)N3C[C@@H](O)C[C@@H]3c3ccc(C(F)(F)F)cc3)cs2)cc1. The Hall–Kier alpha value is -2.91. The molecule has 2 heterocycles.